The van der Waals surface area contributed by atoms with E-state index in [9.17, 15) is 4.79 Å². The van der Waals surface area contributed by atoms with Crippen LogP contribution in [0.3, 0.4) is 0 Å². The smallest absolute Gasteiger partial charge is 0.337 e. The van der Waals surface area contributed by atoms with Crippen molar-refractivity contribution in [2.45, 2.75) is 40.2 Å². The monoisotopic (exact) mass is 250 g/mol. The molecule has 1 aromatic rings. The van der Waals surface area contributed by atoms with Gasteiger partial charge < -0.3 is 16.2 Å². The lowest BCUT2D eigenvalue weighted by Crippen LogP contribution is -2.24. The van der Waals surface area contributed by atoms with E-state index in [0.717, 1.165) is 17.7 Å². The fourth-order valence-corrected chi connectivity index (χ4v) is 2.01. The molecule has 4 heteroatoms. The highest BCUT2D eigenvalue weighted by Gasteiger charge is 2.15. The Balaban J connectivity index is 3.07. The molecule has 4 N–H and O–H groups in total. The molecule has 0 amide bonds. The topological polar surface area (TPSA) is 75.3 Å². The average molecular weight is 250 g/mol. The molecule has 0 spiro atoms. The number of hydrogen-bond donors (Lipinski definition) is 3. The molecule has 0 aliphatic heterocycles. The highest BCUT2D eigenvalue weighted by atomic mass is 16.4. The van der Waals surface area contributed by atoms with Crippen molar-refractivity contribution in [3.8, 4) is 0 Å². The third kappa shape index (κ3) is 3.15. The third-order valence-corrected chi connectivity index (χ3v) is 3.21. The first-order chi connectivity index (χ1) is 8.36. The molecule has 0 fully saturated rings. The number of nitrogens with two attached hydrogens (primary N) is 1. The summed E-state index contributed by atoms with van der Waals surface area (Å²) < 4.78 is 0. The lowest BCUT2D eigenvalue weighted by atomic mass is 10.0. The largest absolute Gasteiger partial charge is 0.478 e. The minimum Gasteiger partial charge on any atom is -0.478 e. The summed E-state index contributed by atoms with van der Waals surface area (Å²) in [7, 11) is 0. The number of carbonyl (C=O) groups is 1. The number of anilines is 2. The molecule has 1 aromatic carbocycles. The van der Waals surface area contributed by atoms with Gasteiger partial charge in [-0.3, -0.25) is 0 Å². The zero-order valence-corrected chi connectivity index (χ0v) is 11.4. The number of nitrogen functional groups attached to an aromatic ring is 1. The zero-order chi connectivity index (χ0) is 13.9. The second kappa shape index (κ2) is 5.76. The Labute approximate surface area is 108 Å². The van der Waals surface area contributed by atoms with Crippen LogP contribution in [0.25, 0.3) is 0 Å². The Kier molecular flexibility index (Phi) is 4.59. The van der Waals surface area contributed by atoms with Crippen molar-refractivity contribution in [2.24, 2.45) is 5.92 Å². The van der Waals surface area contributed by atoms with Gasteiger partial charge in [-0.1, -0.05) is 20.8 Å². The van der Waals surface area contributed by atoms with Crippen LogP contribution < -0.4 is 11.1 Å². The van der Waals surface area contributed by atoms with E-state index in [1.807, 2.05) is 13.0 Å². The van der Waals surface area contributed by atoms with Crippen molar-refractivity contribution < 1.29 is 9.90 Å². The van der Waals surface area contributed by atoms with E-state index in [1.54, 1.807) is 6.07 Å². The first-order valence-corrected chi connectivity index (χ1v) is 6.26. The molecule has 100 valence electrons. The molecule has 0 saturated heterocycles. The minimum absolute atomic E-state index is 0.163. The van der Waals surface area contributed by atoms with Gasteiger partial charge in [-0.25, -0.2) is 4.79 Å². The number of carboxylic acids is 1. The van der Waals surface area contributed by atoms with Gasteiger partial charge in [0.05, 0.1) is 5.56 Å². The van der Waals surface area contributed by atoms with E-state index in [2.05, 4.69) is 26.1 Å². The lowest BCUT2D eigenvalue weighted by molar-refractivity contribution is 0.0698. The van der Waals surface area contributed by atoms with Gasteiger partial charge >= 0.3 is 5.97 Å². The van der Waals surface area contributed by atoms with Gasteiger partial charge in [0.2, 0.25) is 0 Å². The van der Waals surface area contributed by atoms with Crippen LogP contribution in [0.4, 0.5) is 11.4 Å². The lowest BCUT2D eigenvalue weighted by Gasteiger charge is -2.23. The summed E-state index contributed by atoms with van der Waals surface area (Å²) in [5.74, 6) is -0.502. The number of benzene rings is 1. The molecule has 1 atom stereocenters. The normalized spacial score (nSPS) is 12.5. The fourth-order valence-electron chi connectivity index (χ4n) is 2.01. The van der Waals surface area contributed by atoms with Crippen LogP contribution in [-0.2, 0) is 0 Å². The van der Waals surface area contributed by atoms with E-state index in [1.165, 1.54) is 0 Å². The minimum atomic E-state index is -0.989. The van der Waals surface area contributed by atoms with Crippen LogP contribution in [0.5, 0.6) is 0 Å². The molecule has 1 rings (SSSR count). The van der Waals surface area contributed by atoms with Gasteiger partial charge in [0.1, 0.15) is 0 Å². The van der Waals surface area contributed by atoms with E-state index in [4.69, 9.17) is 10.8 Å². The number of aromatic carboxylic acids is 1. The maximum absolute atomic E-state index is 11.1. The summed E-state index contributed by atoms with van der Waals surface area (Å²) in [5.41, 5.74) is 7.88. The molecule has 18 heavy (non-hydrogen) atoms. The van der Waals surface area contributed by atoms with Gasteiger partial charge in [0, 0.05) is 17.4 Å². The molecule has 0 aliphatic carbocycles. The highest BCUT2D eigenvalue weighted by Crippen LogP contribution is 2.24. The van der Waals surface area contributed by atoms with E-state index < -0.39 is 5.97 Å². The summed E-state index contributed by atoms with van der Waals surface area (Å²) in [6, 6.07) is 3.83. The van der Waals surface area contributed by atoms with Gasteiger partial charge in [0.15, 0.2) is 0 Å². The van der Waals surface area contributed by atoms with Crippen LogP contribution in [-0.4, -0.2) is 17.1 Å². The van der Waals surface area contributed by atoms with E-state index in [0.29, 0.717) is 17.6 Å². The van der Waals surface area contributed by atoms with Crippen LogP contribution in [0.1, 0.15) is 43.1 Å². The number of nitrogens with one attached hydrogen (secondary N) is 1. The maximum atomic E-state index is 11.1. The standard InChI is InChI=1S/C14H22N2O2/c1-5-12(8(2)3)16-10-6-9(4)13(15)11(7-10)14(17)18/h6-8,12,16H,5,15H2,1-4H3,(H,17,18). The predicted octanol–water partition coefficient (Wildman–Crippen LogP) is 3.12. The molecule has 4 nitrogen and oxygen atoms in total. The molecule has 0 radical (unpaired) electrons. The third-order valence-electron chi connectivity index (χ3n) is 3.21. The number of hydrogen-bond acceptors (Lipinski definition) is 3. The molecule has 1 unspecified atom stereocenters. The summed E-state index contributed by atoms with van der Waals surface area (Å²) in [5, 5.41) is 12.5. The first kappa shape index (κ1) is 14.4. The van der Waals surface area contributed by atoms with Crippen molar-refractivity contribution in [2.75, 3.05) is 11.1 Å². The van der Waals surface area contributed by atoms with Crippen molar-refractivity contribution in [1.82, 2.24) is 0 Å². The predicted molar refractivity (Wildman–Crippen MR) is 75.1 cm³/mol. The van der Waals surface area contributed by atoms with Gasteiger partial charge in [-0.2, -0.15) is 0 Å². The quantitative estimate of drug-likeness (QED) is 0.702. The van der Waals surface area contributed by atoms with Gasteiger partial charge in [-0.15, -0.1) is 0 Å². The van der Waals surface area contributed by atoms with Crippen molar-refractivity contribution >= 4 is 17.3 Å². The van der Waals surface area contributed by atoms with E-state index in [-0.39, 0.29) is 5.56 Å². The van der Waals surface area contributed by atoms with Crippen molar-refractivity contribution in [3.63, 3.8) is 0 Å². The van der Waals surface area contributed by atoms with Crippen LogP contribution in [0, 0.1) is 12.8 Å². The maximum Gasteiger partial charge on any atom is 0.337 e. The highest BCUT2D eigenvalue weighted by molar-refractivity contribution is 5.95. The summed E-state index contributed by atoms with van der Waals surface area (Å²) in [4.78, 5) is 11.1. The molecule has 0 aliphatic rings. The Morgan fingerprint density at radius 3 is 2.50 bits per heavy atom. The Morgan fingerprint density at radius 1 is 1.44 bits per heavy atom. The van der Waals surface area contributed by atoms with Crippen molar-refractivity contribution in [1.29, 1.82) is 0 Å². The molecule has 0 aromatic heterocycles. The number of rotatable bonds is 5. The Hall–Kier alpha value is -1.71. The Morgan fingerprint density at radius 2 is 2.06 bits per heavy atom. The van der Waals surface area contributed by atoms with Crippen LogP contribution in [0.15, 0.2) is 12.1 Å². The summed E-state index contributed by atoms with van der Waals surface area (Å²) >= 11 is 0. The molecule has 0 saturated carbocycles. The zero-order valence-electron chi connectivity index (χ0n) is 11.4. The summed E-state index contributed by atoms with van der Waals surface area (Å²) in [6.45, 7) is 8.22. The SMILES string of the molecule is CCC(Nc1cc(C)c(N)c(C(=O)O)c1)C(C)C. The second-order valence-electron chi connectivity index (χ2n) is 4.96. The number of carboxylic acid groups (broad SMARTS) is 1. The Bertz CT molecular complexity index is 442. The molecular weight excluding hydrogens is 228 g/mol. The fraction of sp³-hybridized carbons (Fsp3) is 0.500. The summed E-state index contributed by atoms with van der Waals surface area (Å²) in [6.07, 6.45) is 0.990. The van der Waals surface area contributed by atoms with Gasteiger partial charge in [0.25, 0.3) is 0 Å². The first-order valence-electron chi connectivity index (χ1n) is 6.26. The van der Waals surface area contributed by atoms with Crippen LogP contribution in [0.2, 0.25) is 0 Å². The van der Waals surface area contributed by atoms with Crippen LogP contribution >= 0.6 is 0 Å². The van der Waals surface area contributed by atoms with E-state index >= 15 is 0 Å². The average Bonchev–Trinajstić information content (AvgIpc) is 2.29. The molecule has 0 heterocycles. The molecule has 0 bridgehead atoms. The molecular formula is C14H22N2O2. The second-order valence-corrected chi connectivity index (χ2v) is 4.96. The van der Waals surface area contributed by atoms with Gasteiger partial charge in [-0.05, 0) is 37.0 Å². The number of aryl methyl sites for hydroxylation is 1. The van der Waals surface area contributed by atoms with Crippen molar-refractivity contribution in [3.05, 3.63) is 23.3 Å².